The van der Waals surface area contributed by atoms with Gasteiger partial charge in [-0.05, 0) is 116 Å². The van der Waals surface area contributed by atoms with Crippen LogP contribution in [0.4, 0.5) is 34.1 Å². The Balaban J connectivity index is 1.17. The van der Waals surface area contributed by atoms with Crippen molar-refractivity contribution in [2.75, 3.05) is 9.80 Å². The summed E-state index contributed by atoms with van der Waals surface area (Å²) in [5.41, 5.74) is 18.0. The number of hydrogen-bond acceptors (Lipinski definition) is 3. The summed E-state index contributed by atoms with van der Waals surface area (Å²) in [6, 6.07) is 101. The summed E-state index contributed by atoms with van der Waals surface area (Å²) in [5, 5.41) is 2.51. The first-order valence-electron chi connectivity index (χ1n) is 23.5. The lowest BCUT2D eigenvalue weighted by Crippen LogP contribution is -2.17. The number of thiophene rings is 1. The van der Waals surface area contributed by atoms with Gasteiger partial charge in [-0.2, -0.15) is 0 Å². The van der Waals surface area contributed by atoms with E-state index in [4.69, 9.17) is 0 Å². The Morgan fingerprint density at radius 1 is 0.232 bits per heavy atom. The van der Waals surface area contributed by atoms with Gasteiger partial charge in [0.25, 0.3) is 0 Å². The molecule has 0 fully saturated rings. The molecule has 0 saturated carbocycles. The molecule has 0 atom stereocenters. The van der Waals surface area contributed by atoms with Crippen LogP contribution in [0.2, 0.25) is 0 Å². The summed E-state index contributed by atoms with van der Waals surface area (Å²) >= 11 is 1.86. The predicted octanol–water partition coefficient (Wildman–Crippen LogP) is 19.3. The maximum Gasteiger partial charge on any atom is 0.0709 e. The Kier molecular flexibility index (Phi) is 11.2. The van der Waals surface area contributed by atoms with Gasteiger partial charge in [0.1, 0.15) is 0 Å². The molecule has 0 spiro atoms. The molecule has 3 heteroatoms. The Morgan fingerprint density at radius 3 is 1.00 bits per heavy atom. The predicted molar refractivity (Wildman–Crippen MR) is 296 cm³/mol. The van der Waals surface area contributed by atoms with Gasteiger partial charge in [0, 0.05) is 32.5 Å². The van der Waals surface area contributed by atoms with Crippen LogP contribution in [0.5, 0.6) is 0 Å². The van der Waals surface area contributed by atoms with Crippen LogP contribution in [0.1, 0.15) is 0 Å². The lowest BCUT2D eigenvalue weighted by molar-refractivity contribution is 1.23. The van der Waals surface area contributed by atoms with E-state index < -0.39 is 0 Å². The van der Waals surface area contributed by atoms with Gasteiger partial charge < -0.3 is 9.80 Å². The van der Waals surface area contributed by atoms with Gasteiger partial charge >= 0.3 is 0 Å². The van der Waals surface area contributed by atoms with Crippen molar-refractivity contribution in [2.45, 2.75) is 0 Å². The molecule has 0 aliphatic rings. The monoisotopic (exact) mass is 898 g/mol. The molecule has 0 amide bonds. The smallest absolute Gasteiger partial charge is 0.0709 e. The van der Waals surface area contributed by atoms with E-state index in [1.54, 1.807) is 0 Å². The molecule has 0 bridgehead atoms. The van der Waals surface area contributed by atoms with Crippen molar-refractivity contribution < 1.29 is 0 Å². The average Bonchev–Trinajstić information content (AvgIpc) is 3.83. The normalized spacial score (nSPS) is 11.2. The van der Waals surface area contributed by atoms with Gasteiger partial charge in [-0.25, -0.2) is 0 Å². The maximum atomic E-state index is 2.51. The van der Waals surface area contributed by atoms with Crippen molar-refractivity contribution in [1.29, 1.82) is 0 Å². The first-order valence-corrected chi connectivity index (χ1v) is 24.3. The van der Waals surface area contributed by atoms with E-state index >= 15 is 0 Å². The lowest BCUT2D eigenvalue weighted by atomic mass is 9.92. The van der Waals surface area contributed by atoms with Crippen molar-refractivity contribution in [3.8, 4) is 55.6 Å². The quantitative estimate of drug-likeness (QED) is 0.128. The van der Waals surface area contributed by atoms with E-state index in [-0.39, 0.29) is 0 Å². The van der Waals surface area contributed by atoms with E-state index in [0.717, 1.165) is 56.4 Å². The molecule has 69 heavy (non-hydrogen) atoms. The zero-order valence-electron chi connectivity index (χ0n) is 37.9. The third kappa shape index (κ3) is 8.16. The van der Waals surface area contributed by atoms with Crippen molar-refractivity contribution in [2.24, 2.45) is 0 Å². The van der Waals surface area contributed by atoms with Gasteiger partial charge in [-0.3, -0.25) is 0 Å². The fourth-order valence-corrected chi connectivity index (χ4v) is 10.9. The van der Waals surface area contributed by atoms with Gasteiger partial charge in [-0.1, -0.05) is 218 Å². The molecular formula is C66H46N2S. The van der Waals surface area contributed by atoms with Crippen LogP contribution in [0.25, 0.3) is 75.8 Å². The van der Waals surface area contributed by atoms with E-state index in [2.05, 4.69) is 289 Å². The summed E-state index contributed by atoms with van der Waals surface area (Å²) in [5.74, 6) is 0. The number of rotatable bonds is 11. The van der Waals surface area contributed by atoms with Crippen LogP contribution in [-0.2, 0) is 0 Å². The molecule has 0 N–H and O–H groups in total. The number of benzene rings is 11. The molecule has 0 unspecified atom stereocenters. The van der Waals surface area contributed by atoms with Gasteiger partial charge in [0.2, 0.25) is 0 Å². The maximum absolute atomic E-state index is 2.51. The van der Waals surface area contributed by atoms with Crippen LogP contribution in [0.3, 0.4) is 0 Å². The molecule has 0 saturated heterocycles. The van der Waals surface area contributed by atoms with E-state index in [9.17, 15) is 0 Å². The van der Waals surface area contributed by atoms with Gasteiger partial charge in [0.15, 0.2) is 0 Å². The summed E-state index contributed by atoms with van der Waals surface area (Å²) in [4.78, 5) is 4.96. The molecule has 0 aliphatic carbocycles. The third-order valence-electron chi connectivity index (χ3n) is 13.1. The first-order chi connectivity index (χ1) is 34.2. The standard InChI is InChI=1S/C66H46N2S/c1-6-19-47(20-7-1)50-33-39-55(40-34-50)67(56-41-35-51(36-42-56)48-21-8-2-9-22-48)63-45-60(53-25-12-4-13-26-53)61(54-27-14-5-15-28-54)46-64(63)68(57-43-37-52(38-44-57)49-23-10-3-11-24-49)62-31-18-30-59-58-29-16-17-32-65(58)69-66(59)62/h1-46H. The topological polar surface area (TPSA) is 6.48 Å². The second-order valence-corrected chi connectivity index (χ2v) is 18.3. The molecule has 0 aliphatic heterocycles. The van der Waals surface area contributed by atoms with E-state index in [0.29, 0.717) is 0 Å². The minimum absolute atomic E-state index is 1.04. The Morgan fingerprint density at radius 2 is 0.565 bits per heavy atom. The molecule has 12 aromatic rings. The SMILES string of the molecule is c1ccc(-c2ccc(N(c3ccc(-c4ccccc4)cc3)c3cc(-c4ccccc4)c(-c4ccccc4)cc3N(c3ccc(-c4ccccc4)cc3)c3cccc4c3sc3ccccc34)cc2)cc1. The van der Waals surface area contributed by atoms with Crippen LogP contribution in [-0.4, -0.2) is 0 Å². The van der Waals surface area contributed by atoms with Crippen molar-refractivity contribution in [3.63, 3.8) is 0 Å². The highest BCUT2D eigenvalue weighted by molar-refractivity contribution is 7.26. The van der Waals surface area contributed by atoms with Crippen LogP contribution < -0.4 is 9.80 Å². The highest BCUT2D eigenvalue weighted by Gasteiger charge is 2.27. The molecule has 12 rings (SSSR count). The van der Waals surface area contributed by atoms with E-state index in [1.807, 2.05) is 11.3 Å². The number of nitrogens with zero attached hydrogens (tertiary/aromatic N) is 2. The minimum atomic E-state index is 1.04. The summed E-state index contributed by atoms with van der Waals surface area (Å²) in [7, 11) is 0. The summed E-state index contributed by atoms with van der Waals surface area (Å²) in [6.07, 6.45) is 0. The van der Waals surface area contributed by atoms with Crippen molar-refractivity contribution in [3.05, 3.63) is 279 Å². The number of hydrogen-bond donors (Lipinski definition) is 0. The Hall–Kier alpha value is -8.76. The lowest BCUT2D eigenvalue weighted by Gasteiger charge is -2.35. The molecule has 1 aromatic heterocycles. The fourth-order valence-electron chi connectivity index (χ4n) is 9.69. The summed E-state index contributed by atoms with van der Waals surface area (Å²) < 4.78 is 2.50. The van der Waals surface area contributed by atoms with Crippen LogP contribution in [0, 0.1) is 0 Å². The third-order valence-corrected chi connectivity index (χ3v) is 14.3. The van der Waals surface area contributed by atoms with Crippen molar-refractivity contribution in [1.82, 2.24) is 0 Å². The van der Waals surface area contributed by atoms with Gasteiger partial charge in [0.05, 0.1) is 21.8 Å². The van der Waals surface area contributed by atoms with Gasteiger partial charge in [-0.15, -0.1) is 11.3 Å². The summed E-state index contributed by atoms with van der Waals surface area (Å²) in [6.45, 7) is 0. The first kappa shape index (κ1) is 41.7. The second kappa shape index (κ2) is 18.5. The molecule has 11 aromatic carbocycles. The second-order valence-electron chi connectivity index (χ2n) is 17.3. The van der Waals surface area contributed by atoms with Crippen LogP contribution in [0.15, 0.2) is 279 Å². The zero-order valence-corrected chi connectivity index (χ0v) is 38.7. The molecule has 1 heterocycles. The highest BCUT2D eigenvalue weighted by atomic mass is 32.1. The molecular weight excluding hydrogens is 853 g/mol. The number of fused-ring (bicyclic) bond motifs is 3. The van der Waals surface area contributed by atoms with E-state index in [1.165, 1.54) is 53.6 Å². The Bertz CT molecular complexity index is 3580. The number of anilines is 6. The zero-order chi connectivity index (χ0) is 45.9. The molecule has 326 valence electrons. The minimum Gasteiger partial charge on any atom is -0.308 e. The Labute approximate surface area is 407 Å². The highest BCUT2D eigenvalue weighted by Crippen LogP contribution is 2.53. The average molecular weight is 899 g/mol. The largest absolute Gasteiger partial charge is 0.308 e. The van der Waals surface area contributed by atoms with Crippen LogP contribution >= 0.6 is 11.3 Å². The van der Waals surface area contributed by atoms with Crippen molar-refractivity contribution >= 4 is 65.6 Å². The molecule has 2 nitrogen and oxygen atoms in total. The molecule has 0 radical (unpaired) electrons. The fraction of sp³-hybridized carbons (Fsp3) is 0.